The molecule has 0 spiro atoms. The van der Waals surface area contributed by atoms with E-state index in [1.807, 2.05) is 6.20 Å². The van der Waals surface area contributed by atoms with Crippen molar-refractivity contribution in [3.05, 3.63) is 77.7 Å². The van der Waals surface area contributed by atoms with E-state index < -0.39 is 23.8 Å². The van der Waals surface area contributed by atoms with E-state index >= 15 is 0 Å². The van der Waals surface area contributed by atoms with Gasteiger partial charge in [0.05, 0.1) is 16.9 Å². The van der Waals surface area contributed by atoms with Gasteiger partial charge in [0.15, 0.2) is 0 Å². The summed E-state index contributed by atoms with van der Waals surface area (Å²) in [6.07, 6.45) is 4.31. The van der Waals surface area contributed by atoms with Crippen LogP contribution in [0.2, 0.25) is 5.02 Å². The van der Waals surface area contributed by atoms with E-state index in [2.05, 4.69) is 20.6 Å². The predicted molar refractivity (Wildman–Crippen MR) is 153 cm³/mol. The normalized spacial score (nSPS) is 14.2. The highest BCUT2D eigenvalue weighted by Gasteiger charge is 2.39. The van der Waals surface area contributed by atoms with E-state index in [1.165, 1.54) is 28.0 Å². The molecule has 1 saturated heterocycles. The maximum Gasteiger partial charge on any atom is 0.247 e. The Kier molecular flexibility index (Phi) is 7.70. The largest absolute Gasteiger partial charge is 0.324 e. The highest BCUT2D eigenvalue weighted by atomic mass is 35.5. The van der Waals surface area contributed by atoms with Crippen LogP contribution in [0.25, 0.3) is 10.9 Å². The van der Waals surface area contributed by atoms with Crippen molar-refractivity contribution in [3.8, 4) is 0 Å². The summed E-state index contributed by atoms with van der Waals surface area (Å²) in [4.78, 5) is 47.5. The van der Waals surface area contributed by atoms with Crippen LogP contribution >= 0.6 is 11.6 Å². The van der Waals surface area contributed by atoms with Crippen LogP contribution < -0.4 is 15.2 Å². The van der Waals surface area contributed by atoms with Gasteiger partial charge in [0, 0.05) is 47.7 Å². The molecule has 0 saturated carbocycles. The lowest BCUT2D eigenvalue weighted by molar-refractivity contribution is -0.143. The summed E-state index contributed by atoms with van der Waals surface area (Å²) < 4.78 is 1.68. The molecule has 1 aliphatic rings. The summed E-state index contributed by atoms with van der Waals surface area (Å²) >= 11 is 6.19. The molecule has 1 aliphatic heterocycles. The maximum absolute atomic E-state index is 13.7. The molecule has 14 heteroatoms. The molecule has 13 nitrogen and oxygen atoms in total. The zero-order valence-corrected chi connectivity index (χ0v) is 22.6. The topological polar surface area (TPSA) is 164 Å². The fourth-order valence-corrected chi connectivity index (χ4v) is 4.88. The maximum atomic E-state index is 13.7. The molecule has 208 valence electrons. The van der Waals surface area contributed by atoms with E-state index in [0.29, 0.717) is 16.4 Å². The molecule has 0 radical (unpaired) electrons. The van der Waals surface area contributed by atoms with Crippen LogP contribution in [0.15, 0.2) is 72.2 Å². The molecule has 5 rings (SSSR count). The minimum absolute atomic E-state index is 0.0859. The number of hydrogen-bond donors (Lipinski definition) is 3. The van der Waals surface area contributed by atoms with Crippen molar-refractivity contribution in [1.29, 1.82) is 10.9 Å². The second kappa shape index (κ2) is 11.5. The van der Waals surface area contributed by atoms with Crippen molar-refractivity contribution in [2.24, 2.45) is 12.3 Å². The third kappa shape index (κ3) is 5.75. The minimum atomic E-state index is -1.03. The molecule has 0 bridgehead atoms. The van der Waals surface area contributed by atoms with Crippen molar-refractivity contribution in [2.45, 2.75) is 12.5 Å². The van der Waals surface area contributed by atoms with Crippen LogP contribution in [0.3, 0.4) is 0 Å². The number of carbonyl (C=O) groups excluding carboxylic acids is 3. The van der Waals surface area contributed by atoms with Gasteiger partial charge in [-0.3, -0.25) is 34.4 Å². The number of anilines is 3. The number of nitrogens with one attached hydrogen (secondary N) is 3. The summed E-state index contributed by atoms with van der Waals surface area (Å²) in [6.45, 7) is -0.774. The third-order valence-corrected chi connectivity index (χ3v) is 6.85. The Bertz CT molecular complexity index is 1650. The number of aryl methyl sites for hydroxylation is 1. The van der Waals surface area contributed by atoms with Crippen molar-refractivity contribution in [2.75, 3.05) is 28.3 Å². The fraction of sp³-hybridized carbons (Fsp3) is 0.185. The molecule has 41 heavy (non-hydrogen) atoms. The van der Waals surface area contributed by atoms with Gasteiger partial charge in [-0.05, 0) is 48.5 Å². The van der Waals surface area contributed by atoms with E-state index in [0.717, 1.165) is 22.3 Å². The highest BCUT2D eigenvalue weighted by molar-refractivity contribution is 6.31. The Balaban J connectivity index is 1.43. The molecule has 0 aliphatic carbocycles. The molecule has 4 aromatic rings. The van der Waals surface area contributed by atoms with Gasteiger partial charge in [-0.15, -0.1) is 0 Å². The Labute approximate surface area is 239 Å². The first-order valence-electron chi connectivity index (χ1n) is 12.5. The first-order valence-corrected chi connectivity index (χ1v) is 12.9. The Morgan fingerprint density at radius 3 is 2.73 bits per heavy atom. The van der Waals surface area contributed by atoms with Crippen molar-refractivity contribution in [3.63, 3.8) is 0 Å². The van der Waals surface area contributed by atoms with Crippen LogP contribution in [0, 0.1) is 10.9 Å². The first kappa shape index (κ1) is 27.4. The zero-order chi connectivity index (χ0) is 29.1. The van der Waals surface area contributed by atoms with Gasteiger partial charge in [0.25, 0.3) is 0 Å². The van der Waals surface area contributed by atoms with Gasteiger partial charge in [-0.2, -0.15) is 10.6 Å². The monoisotopic (exact) mass is 572 g/mol. The predicted octanol–water partition coefficient (Wildman–Crippen LogP) is 3.41. The highest BCUT2D eigenvalue weighted by Crippen LogP contribution is 2.34. The second-order valence-corrected chi connectivity index (χ2v) is 9.75. The summed E-state index contributed by atoms with van der Waals surface area (Å²) in [5.74, 6) is -1.42. The van der Waals surface area contributed by atoms with Gasteiger partial charge >= 0.3 is 0 Å². The summed E-state index contributed by atoms with van der Waals surface area (Å²) in [5, 5.41) is 20.1. The quantitative estimate of drug-likeness (QED) is 0.120. The van der Waals surface area contributed by atoms with Crippen LogP contribution in [0.1, 0.15) is 5.69 Å². The lowest BCUT2D eigenvalue weighted by Gasteiger charge is -2.38. The standard InChI is InChI=1S/C27H25ClN10O3/c1-35-13-17-10-20(6-7-21(17)33-35)32-27(41)24(12-19-4-2-3-9-31-19)37-15-25(39)36(14-26(37)40)23-11-18(28)5-8-22(23)38(16-29)34-30/h2-11,13,16,24,29-30H,12,14-15H2,1H3,(H,32,41). The Morgan fingerprint density at radius 2 is 2.00 bits per heavy atom. The SMILES string of the molecule is Cn1cc2cc(NC(=O)C(Cc3ccccn3)N3CC(=O)N(c4cc(Cl)ccc4N(C=N)N=N)CC3=O)ccc2n1. The number of fused-ring (bicyclic) bond motifs is 1. The molecular formula is C27H25ClN10O3. The van der Waals surface area contributed by atoms with E-state index in [1.54, 1.807) is 54.3 Å². The van der Waals surface area contributed by atoms with Crippen LogP contribution in [0.4, 0.5) is 17.1 Å². The number of nitrogens with zero attached hydrogens (tertiary/aromatic N) is 7. The van der Waals surface area contributed by atoms with Crippen molar-refractivity contribution < 1.29 is 14.4 Å². The summed E-state index contributed by atoms with van der Waals surface area (Å²) in [7, 11) is 1.81. The zero-order valence-electron chi connectivity index (χ0n) is 21.9. The fourth-order valence-electron chi connectivity index (χ4n) is 4.71. The Morgan fingerprint density at radius 1 is 1.17 bits per heavy atom. The number of aromatic nitrogens is 3. The lowest BCUT2D eigenvalue weighted by Crippen LogP contribution is -2.60. The van der Waals surface area contributed by atoms with Gasteiger partial charge in [-0.1, -0.05) is 22.9 Å². The summed E-state index contributed by atoms with van der Waals surface area (Å²) in [6, 6.07) is 14.0. The van der Waals surface area contributed by atoms with Gasteiger partial charge in [0.2, 0.25) is 17.7 Å². The number of benzene rings is 2. The van der Waals surface area contributed by atoms with Crippen molar-refractivity contribution in [1.82, 2.24) is 19.7 Å². The summed E-state index contributed by atoms with van der Waals surface area (Å²) in [5.41, 5.74) is 9.67. The molecule has 3 heterocycles. The molecule has 1 unspecified atom stereocenters. The number of hydrogen-bond acceptors (Lipinski definition) is 8. The number of rotatable bonds is 9. The van der Waals surface area contributed by atoms with E-state index in [-0.39, 0.29) is 30.9 Å². The molecule has 2 aromatic heterocycles. The Hall–Kier alpha value is -5.17. The molecule has 3 amide bonds. The average molecular weight is 573 g/mol. The molecule has 2 aromatic carbocycles. The number of piperazine rings is 1. The second-order valence-electron chi connectivity index (χ2n) is 9.31. The smallest absolute Gasteiger partial charge is 0.247 e. The number of pyridine rings is 1. The first-order chi connectivity index (χ1) is 19.8. The molecule has 1 atom stereocenters. The number of carbonyl (C=O) groups is 3. The van der Waals surface area contributed by atoms with Crippen LogP contribution in [0.5, 0.6) is 0 Å². The van der Waals surface area contributed by atoms with Crippen molar-refractivity contribution >= 4 is 63.6 Å². The van der Waals surface area contributed by atoms with E-state index in [9.17, 15) is 14.4 Å². The van der Waals surface area contributed by atoms with Gasteiger partial charge in [-0.25, -0.2) is 5.01 Å². The van der Waals surface area contributed by atoms with E-state index in [4.69, 9.17) is 22.5 Å². The lowest BCUT2D eigenvalue weighted by atomic mass is 10.1. The molecular weight excluding hydrogens is 548 g/mol. The minimum Gasteiger partial charge on any atom is -0.324 e. The average Bonchev–Trinajstić information content (AvgIpc) is 3.34. The van der Waals surface area contributed by atoms with Gasteiger partial charge < -0.3 is 10.2 Å². The molecule has 1 fully saturated rings. The van der Waals surface area contributed by atoms with Crippen LogP contribution in [-0.2, 0) is 27.9 Å². The van der Waals surface area contributed by atoms with Crippen LogP contribution in [-0.4, -0.2) is 62.9 Å². The molecule has 3 N–H and O–H groups in total. The number of amides is 3. The third-order valence-electron chi connectivity index (χ3n) is 6.62. The number of halogens is 1. The van der Waals surface area contributed by atoms with Gasteiger partial charge in [0.1, 0.15) is 25.5 Å².